The fourth-order valence-electron chi connectivity index (χ4n) is 1.82. The minimum atomic E-state index is -0.553. The second-order valence-corrected chi connectivity index (χ2v) is 4.67. The molecule has 2 aromatic rings. The van der Waals surface area contributed by atoms with Gasteiger partial charge in [-0.2, -0.15) is 0 Å². The van der Waals surface area contributed by atoms with Gasteiger partial charge in [0.15, 0.2) is 11.5 Å². The van der Waals surface area contributed by atoms with Crippen LogP contribution in [0.1, 0.15) is 5.56 Å². The van der Waals surface area contributed by atoms with Crippen molar-refractivity contribution in [3.05, 3.63) is 59.1 Å². The highest BCUT2D eigenvalue weighted by molar-refractivity contribution is 6.32. The minimum absolute atomic E-state index is 0.237. The van der Waals surface area contributed by atoms with Crippen molar-refractivity contribution in [1.82, 2.24) is 0 Å². The number of carbonyl (C=O) groups excluding carboxylic acids is 1. The molecule has 0 amide bonds. The maximum absolute atomic E-state index is 12.0. The van der Waals surface area contributed by atoms with Gasteiger partial charge in [-0.05, 0) is 29.8 Å². The van der Waals surface area contributed by atoms with Crippen molar-refractivity contribution >= 4 is 23.6 Å². The Morgan fingerprint density at radius 3 is 2.23 bits per heavy atom. The summed E-state index contributed by atoms with van der Waals surface area (Å²) in [5.74, 6) is 0.515. The van der Waals surface area contributed by atoms with Crippen molar-refractivity contribution in [3.63, 3.8) is 0 Å². The van der Waals surface area contributed by atoms with Gasteiger partial charge in [0.2, 0.25) is 5.75 Å². The maximum atomic E-state index is 12.0. The van der Waals surface area contributed by atoms with E-state index >= 15 is 0 Å². The first-order valence-corrected chi connectivity index (χ1v) is 6.89. The van der Waals surface area contributed by atoms with E-state index in [4.69, 9.17) is 25.8 Å². The van der Waals surface area contributed by atoms with E-state index in [0.29, 0.717) is 16.5 Å². The van der Waals surface area contributed by atoms with E-state index in [1.807, 2.05) is 12.1 Å². The highest BCUT2D eigenvalue weighted by Crippen LogP contribution is 2.36. The number of esters is 1. The number of rotatable bonds is 5. The highest BCUT2D eigenvalue weighted by Gasteiger charge is 2.14. The van der Waals surface area contributed by atoms with Gasteiger partial charge in [-0.15, -0.1) is 0 Å². The Bertz CT molecular complexity index is 673. The molecule has 4 nitrogen and oxygen atoms in total. The summed E-state index contributed by atoms with van der Waals surface area (Å²) in [6.45, 7) is 0. The lowest BCUT2D eigenvalue weighted by Crippen LogP contribution is -2.06. The first-order chi connectivity index (χ1) is 10.7. The van der Waals surface area contributed by atoms with Gasteiger partial charge in [-0.1, -0.05) is 35.9 Å². The molecule has 0 aliphatic rings. The normalized spacial score (nSPS) is 10.5. The molecule has 114 valence electrons. The van der Waals surface area contributed by atoms with Gasteiger partial charge in [0.25, 0.3) is 0 Å². The van der Waals surface area contributed by atoms with Crippen LogP contribution in [0.3, 0.4) is 0 Å². The fourth-order valence-corrected chi connectivity index (χ4v) is 2.02. The van der Waals surface area contributed by atoms with Crippen LogP contribution in [0.5, 0.6) is 17.2 Å². The zero-order chi connectivity index (χ0) is 15.9. The Balaban J connectivity index is 2.18. The average molecular weight is 319 g/mol. The van der Waals surface area contributed by atoms with E-state index < -0.39 is 5.97 Å². The van der Waals surface area contributed by atoms with Gasteiger partial charge < -0.3 is 14.2 Å². The molecule has 0 aromatic heterocycles. The summed E-state index contributed by atoms with van der Waals surface area (Å²) in [4.78, 5) is 12.0. The third-order valence-corrected chi connectivity index (χ3v) is 3.23. The molecule has 0 radical (unpaired) electrons. The number of hydrogen-bond donors (Lipinski definition) is 0. The van der Waals surface area contributed by atoms with Crippen LogP contribution in [-0.2, 0) is 4.79 Å². The van der Waals surface area contributed by atoms with Gasteiger partial charge >= 0.3 is 5.97 Å². The van der Waals surface area contributed by atoms with E-state index in [0.717, 1.165) is 5.56 Å². The van der Waals surface area contributed by atoms with Gasteiger partial charge in [-0.3, -0.25) is 0 Å². The van der Waals surface area contributed by atoms with Gasteiger partial charge in [0.05, 0.1) is 14.2 Å². The molecular weight excluding hydrogens is 304 g/mol. The third kappa shape index (κ3) is 3.80. The van der Waals surface area contributed by atoms with Crippen molar-refractivity contribution in [2.45, 2.75) is 0 Å². The van der Waals surface area contributed by atoms with Crippen LogP contribution < -0.4 is 14.2 Å². The summed E-state index contributed by atoms with van der Waals surface area (Å²) in [7, 11) is 2.98. The summed E-state index contributed by atoms with van der Waals surface area (Å²) in [6.07, 6.45) is 2.89. The fraction of sp³-hybridized carbons (Fsp3) is 0.118. The standard InChI is InChI=1S/C17H15ClO4/c1-20-14-8-5-9-15(21-2)17(14)22-16(19)11-10-12-6-3-4-7-13(12)18/h3-11H,1-2H3/b11-10+. The Kier molecular flexibility index (Phi) is 5.44. The van der Waals surface area contributed by atoms with Crippen LogP contribution in [0.25, 0.3) is 6.08 Å². The molecule has 0 saturated heterocycles. The SMILES string of the molecule is COc1cccc(OC)c1OC(=O)/C=C/c1ccccc1Cl. The average Bonchev–Trinajstić information content (AvgIpc) is 2.54. The lowest BCUT2D eigenvalue weighted by atomic mass is 10.2. The van der Waals surface area contributed by atoms with E-state index in [9.17, 15) is 4.79 Å². The smallest absolute Gasteiger partial charge is 0.336 e. The molecule has 0 aliphatic carbocycles. The van der Waals surface area contributed by atoms with Crippen LogP contribution in [0, 0.1) is 0 Å². The molecule has 2 aromatic carbocycles. The van der Waals surface area contributed by atoms with E-state index in [2.05, 4.69) is 0 Å². The molecule has 0 fully saturated rings. The quantitative estimate of drug-likeness (QED) is 0.475. The zero-order valence-corrected chi connectivity index (χ0v) is 13.0. The van der Waals surface area contributed by atoms with E-state index in [1.165, 1.54) is 20.3 Å². The number of ether oxygens (including phenoxy) is 3. The number of methoxy groups -OCH3 is 2. The molecule has 0 bridgehead atoms. The van der Waals surface area contributed by atoms with E-state index in [-0.39, 0.29) is 5.75 Å². The summed E-state index contributed by atoms with van der Waals surface area (Å²) in [6, 6.07) is 12.3. The molecular formula is C17H15ClO4. The maximum Gasteiger partial charge on any atom is 0.336 e. The molecule has 0 spiro atoms. The van der Waals surface area contributed by atoms with Crippen molar-refractivity contribution in [2.75, 3.05) is 14.2 Å². The highest BCUT2D eigenvalue weighted by atomic mass is 35.5. The summed E-state index contributed by atoms with van der Waals surface area (Å²) >= 11 is 6.02. The molecule has 0 saturated carbocycles. The molecule has 0 atom stereocenters. The number of halogens is 1. The molecule has 0 heterocycles. The minimum Gasteiger partial charge on any atom is -0.493 e. The van der Waals surface area contributed by atoms with E-state index in [1.54, 1.807) is 36.4 Å². The zero-order valence-electron chi connectivity index (χ0n) is 12.2. The lowest BCUT2D eigenvalue weighted by Gasteiger charge is -2.11. The molecule has 0 aliphatic heterocycles. The third-order valence-electron chi connectivity index (χ3n) is 2.89. The lowest BCUT2D eigenvalue weighted by molar-refractivity contribution is -0.129. The van der Waals surface area contributed by atoms with Gasteiger partial charge in [-0.25, -0.2) is 4.79 Å². The molecule has 0 unspecified atom stereocenters. The van der Waals surface area contributed by atoms with Crippen molar-refractivity contribution in [2.24, 2.45) is 0 Å². The monoisotopic (exact) mass is 318 g/mol. The molecule has 2 rings (SSSR count). The van der Waals surface area contributed by atoms with Crippen LogP contribution in [0.4, 0.5) is 0 Å². The Hall–Kier alpha value is -2.46. The number of carbonyl (C=O) groups is 1. The van der Waals surface area contributed by atoms with Crippen LogP contribution in [0.2, 0.25) is 5.02 Å². The second-order valence-electron chi connectivity index (χ2n) is 4.27. The Morgan fingerprint density at radius 1 is 1.00 bits per heavy atom. The summed E-state index contributed by atoms with van der Waals surface area (Å²) < 4.78 is 15.6. The predicted molar refractivity (Wildman–Crippen MR) is 85.7 cm³/mol. The first kappa shape index (κ1) is 15.9. The largest absolute Gasteiger partial charge is 0.493 e. The van der Waals surface area contributed by atoms with Crippen LogP contribution in [-0.4, -0.2) is 20.2 Å². The predicted octanol–water partition coefficient (Wildman–Crippen LogP) is 3.98. The van der Waals surface area contributed by atoms with Crippen molar-refractivity contribution < 1.29 is 19.0 Å². The Morgan fingerprint density at radius 2 is 1.64 bits per heavy atom. The van der Waals surface area contributed by atoms with Gasteiger partial charge in [0.1, 0.15) is 0 Å². The topological polar surface area (TPSA) is 44.8 Å². The molecule has 5 heteroatoms. The summed E-state index contributed by atoms with van der Waals surface area (Å²) in [5.41, 5.74) is 0.730. The molecule has 22 heavy (non-hydrogen) atoms. The van der Waals surface area contributed by atoms with Gasteiger partial charge in [0, 0.05) is 11.1 Å². The number of benzene rings is 2. The Labute approximate surface area is 133 Å². The van der Waals surface area contributed by atoms with Crippen molar-refractivity contribution in [3.8, 4) is 17.2 Å². The van der Waals surface area contributed by atoms with Crippen LogP contribution in [0.15, 0.2) is 48.5 Å². The number of para-hydroxylation sites is 1. The second kappa shape index (κ2) is 7.52. The summed E-state index contributed by atoms with van der Waals surface area (Å²) in [5, 5.41) is 0.557. The van der Waals surface area contributed by atoms with Crippen LogP contribution >= 0.6 is 11.6 Å². The number of hydrogen-bond acceptors (Lipinski definition) is 4. The first-order valence-electron chi connectivity index (χ1n) is 6.51. The van der Waals surface area contributed by atoms with Crippen molar-refractivity contribution in [1.29, 1.82) is 0 Å². The molecule has 0 N–H and O–H groups in total.